The Hall–Kier alpha value is -2.94. The first kappa shape index (κ1) is 25.2. The molecule has 0 spiro atoms. The minimum Gasteiger partial charge on any atom is -0.480 e. The van der Waals surface area contributed by atoms with Gasteiger partial charge in [0.25, 0.3) is 11.8 Å². The number of aromatic nitrogens is 1. The van der Waals surface area contributed by atoms with Gasteiger partial charge in [-0.1, -0.05) is 53.5 Å². The van der Waals surface area contributed by atoms with E-state index in [1.165, 1.54) is 23.5 Å². The second kappa shape index (κ2) is 11.2. The number of carboxylic acid groups (broad SMARTS) is 1. The number of hydrogen-bond acceptors (Lipinski definition) is 5. The Morgan fingerprint density at radius 3 is 2.31 bits per heavy atom. The summed E-state index contributed by atoms with van der Waals surface area (Å²) in [6, 6.07) is 11.3. The molecule has 1 aliphatic rings. The number of benzene rings is 2. The van der Waals surface area contributed by atoms with Gasteiger partial charge in [0.2, 0.25) is 0 Å². The first-order valence-corrected chi connectivity index (χ1v) is 12.8. The lowest BCUT2D eigenvalue weighted by Gasteiger charge is -2.32. The lowest BCUT2D eigenvalue weighted by molar-refractivity contribution is -0.139. The van der Waals surface area contributed by atoms with Crippen LogP contribution in [0, 0.1) is 0 Å². The SMILES string of the molecule is O=C(N[C@@H](Cc1ccc(C2CCN(C(=O)c3cscn3)CC2)cc1)C(=O)O)c1c(Cl)cccc1Cl. The number of piperidine rings is 1. The topological polar surface area (TPSA) is 99.6 Å². The Labute approximate surface area is 216 Å². The average molecular weight is 532 g/mol. The van der Waals surface area contributed by atoms with Crippen LogP contribution in [-0.4, -0.2) is 51.9 Å². The lowest BCUT2D eigenvalue weighted by atomic mass is 9.88. The summed E-state index contributed by atoms with van der Waals surface area (Å²) in [5.41, 5.74) is 4.14. The minimum absolute atomic E-state index is 0.0279. The smallest absolute Gasteiger partial charge is 0.326 e. The van der Waals surface area contributed by atoms with Crippen LogP contribution in [0.3, 0.4) is 0 Å². The fraction of sp³-hybridized carbons (Fsp3) is 0.280. The van der Waals surface area contributed by atoms with Crippen molar-refractivity contribution in [2.75, 3.05) is 13.1 Å². The molecule has 182 valence electrons. The van der Waals surface area contributed by atoms with Gasteiger partial charge < -0.3 is 15.3 Å². The maximum atomic E-state index is 12.6. The molecule has 2 amide bonds. The number of rotatable bonds is 7. The maximum Gasteiger partial charge on any atom is 0.326 e. The van der Waals surface area contributed by atoms with Crippen LogP contribution in [0.4, 0.5) is 0 Å². The second-order valence-corrected chi connectivity index (χ2v) is 9.88. The summed E-state index contributed by atoms with van der Waals surface area (Å²) in [7, 11) is 0. The van der Waals surface area contributed by atoms with E-state index in [0.29, 0.717) is 24.7 Å². The van der Waals surface area contributed by atoms with Crippen molar-refractivity contribution < 1.29 is 19.5 Å². The van der Waals surface area contributed by atoms with Crippen molar-refractivity contribution in [3.05, 3.63) is 85.8 Å². The molecule has 1 fully saturated rings. The number of halogens is 2. The van der Waals surface area contributed by atoms with Crippen LogP contribution in [-0.2, 0) is 11.2 Å². The largest absolute Gasteiger partial charge is 0.480 e. The average Bonchev–Trinajstić information content (AvgIpc) is 3.39. The normalized spacial score (nSPS) is 15.0. The van der Waals surface area contributed by atoms with Gasteiger partial charge in [0.1, 0.15) is 11.7 Å². The fourth-order valence-corrected chi connectivity index (χ4v) is 5.30. The molecule has 0 saturated carbocycles. The summed E-state index contributed by atoms with van der Waals surface area (Å²) in [5.74, 6) is -1.49. The zero-order chi connectivity index (χ0) is 24.9. The molecule has 1 aromatic heterocycles. The summed E-state index contributed by atoms with van der Waals surface area (Å²) in [4.78, 5) is 42.9. The van der Waals surface area contributed by atoms with Crippen LogP contribution < -0.4 is 5.32 Å². The van der Waals surface area contributed by atoms with Crippen LogP contribution >= 0.6 is 34.5 Å². The first-order valence-electron chi connectivity index (χ1n) is 11.1. The highest BCUT2D eigenvalue weighted by molar-refractivity contribution is 7.07. The molecular formula is C25H23Cl2N3O4S. The molecule has 7 nitrogen and oxygen atoms in total. The van der Waals surface area contributed by atoms with Gasteiger partial charge in [0.15, 0.2) is 0 Å². The standard InChI is InChI=1S/C25H23Cl2N3O4S/c26-18-2-1-3-19(27)22(18)23(31)29-20(25(33)34)12-15-4-6-16(7-5-15)17-8-10-30(11-9-17)24(32)21-13-35-14-28-21/h1-7,13-14,17,20H,8-12H2,(H,29,31)(H,33,34)/t20-/m0/s1. The van der Waals surface area contributed by atoms with Crippen LogP contribution in [0.1, 0.15) is 50.7 Å². The molecular weight excluding hydrogens is 509 g/mol. The van der Waals surface area contributed by atoms with Crippen LogP contribution in [0.15, 0.2) is 53.4 Å². The first-order chi connectivity index (χ1) is 16.8. The summed E-state index contributed by atoms with van der Waals surface area (Å²) >= 11 is 13.6. The zero-order valence-corrected chi connectivity index (χ0v) is 20.9. The van der Waals surface area contributed by atoms with Crippen molar-refractivity contribution in [2.24, 2.45) is 0 Å². The highest BCUT2D eigenvalue weighted by Crippen LogP contribution is 2.29. The third-order valence-electron chi connectivity index (χ3n) is 6.12. The van der Waals surface area contributed by atoms with Crippen molar-refractivity contribution >= 4 is 52.3 Å². The number of aliphatic carboxylic acids is 1. The molecule has 4 rings (SSSR count). The highest BCUT2D eigenvalue weighted by atomic mass is 35.5. The molecule has 2 N–H and O–H groups in total. The molecule has 1 saturated heterocycles. The highest BCUT2D eigenvalue weighted by Gasteiger charge is 2.26. The predicted octanol–water partition coefficient (Wildman–Crippen LogP) is 4.90. The monoisotopic (exact) mass is 531 g/mol. The summed E-state index contributed by atoms with van der Waals surface area (Å²) < 4.78 is 0. The van der Waals surface area contributed by atoms with Crippen LogP contribution in [0.5, 0.6) is 0 Å². The van der Waals surface area contributed by atoms with Gasteiger partial charge >= 0.3 is 5.97 Å². The minimum atomic E-state index is -1.15. The Bertz CT molecular complexity index is 1190. The molecule has 0 unspecified atom stereocenters. The van der Waals surface area contributed by atoms with Gasteiger partial charge in [-0.25, -0.2) is 9.78 Å². The van der Waals surface area contributed by atoms with Gasteiger partial charge in [0, 0.05) is 24.9 Å². The molecule has 0 bridgehead atoms. The van der Waals surface area contributed by atoms with Crippen LogP contribution in [0.25, 0.3) is 0 Å². The van der Waals surface area contributed by atoms with Gasteiger partial charge in [-0.2, -0.15) is 0 Å². The van der Waals surface area contributed by atoms with Crippen molar-refractivity contribution in [3.8, 4) is 0 Å². The van der Waals surface area contributed by atoms with Crippen molar-refractivity contribution in [1.29, 1.82) is 0 Å². The van der Waals surface area contributed by atoms with Crippen molar-refractivity contribution in [3.63, 3.8) is 0 Å². The lowest BCUT2D eigenvalue weighted by Crippen LogP contribution is -2.42. The molecule has 1 atom stereocenters. The van der Waals surface area contributed by atoms with E-state index in [1.54, 1.807) is 17.0 Å². The zero-order valence-electron chi connectivity index (χ0n) is 18.6. The van der Waals surface area contributed by atoms with E-state index in [2.05, 4.69) is 10.3 Å². The number of carboxylic acids is 1. The van der Waals surface area contributed by atoms with E-state index < -0.39 is 17.9 Å². The molecule has 2 heterocycles. The number of hydrogen-bond donors (Lipinski definition) is 2. The van der Waals surface area contributed by atoms with Crippen molar-refractivity contribution in [2.45, 2.75) is 31.2 Å². The van der Waals surface area contributed by atoms with Gasteiger partial charge in [-0.05, 0) is 42.0 Å². The third-order valence-corrected chi connectivity index (χ3v) is 7.33. The molecule has 0 aliphatic carbocycles. The van der Waals surface area contributed by atoms with E-state index in [1.807, 2.05) is 29.2 Å². The molecule has 2 aromatic carbocycles. The Morgan fingerprint density at radius 1 is 1.09 bits per heavy atom. The molecule has 1 aliphatic heterocycles. The number of carbonyl (C=O) groups is 3. The molecule has 3 aromatic rings. The second-order valence-electron chi connectivity index (χ2n) is 8.35. The van der Waals surface area contributed by atoms with Gasteiger partial charge in [-0.3, -0.25) is 9.59 Å². The number of amides is 2. The van der Waals surface area contributed by atoms with Crippen molar-refractivity contribution in [1.82, 2.24) is 15.2 Å². The Kier molecular flexibility index (Phi) is 8.05. The summed E-state index contributed by atoms with van der Waals surface area (Å²) in [6.45, 7) is 1.33. The number of likely N-dealkylation sites (tertiary alicyclic amines) is 1. The molecule has 35 heavy (non-hydrogen) atoms. The fourth-order valence-electron chi connectivity index (χ4n) is 4.20. The Morgan fingerprint density at radius 2 is 1.74 bits per heavy atom. The van der Waals surface area contributed by atoms with E-state index in [4.69, 9.17) is 23.2 Å². The van der Waals surface area contributed by atoms with E-state index in [0.717, 1.165) is 24.0 Å². The van der Waals surface area contributed by atoms with Gasteiger partial charge in [0.05, 0.1) is 21.1 Å². The molecule has 10 heteroatoms. The maximum absolute atomic E-state index is 12.6. The number of nitrogens with zero attached hydrogens (tertiary/aromatic N) is 2. The van der Waals surface area contributed by atoms with Crippen LogP contribution in [0.2, 0.25) is 10.0 Å². The van der Waals surface area contributed by atoms with E-state index in [-0.39, 0.29) is 27.9 Å². The number of carbonyl (C=O) groups excluding carboxylic acids is 2. The Balaban J connectivity index is 1.36. The summed E-state index contributed by atoms with van der Waals surface area (Å²) in [5, 5.41) is 14.2. The number of nitrogens with one attached hydrogen (secondary N) is 1. The van der Waals surface area contributed by atoms with Gasteiger partial charge in [-0.15, -0.1) is 11.3 Å². The van der Waals surface area contributed by atoms with E-state index in [9.17, 15) is 19.5 Å². The third kappa shape index (κ3) is 6.01. The molecule has 0 radical (unpaired) electrons. The van der Waals surface area contributed by atoms with E-state index >= 15 is 0 Å². The number of thiazole rings is 1. The quantitative estimate of drug-likeness (QED) is 0.451. The predicted molar refractivity (Wildman–Crippen MR) is 135 cm³/mol. The summed E-state index contributed by atoms with van der Waals surface area (Å²) in [6.07, 6.45) is 1.81.